The third-order valence-electron chi connectivity index (χ3n) is 2.02. The number of carbonyl (C=O) groups is 1. The van der Waals surface area contributed by atoms with Gasteiger partial charge in [0.1, 0.15) is 0 Å². The predicted molar refractivity (Wildman–Crippen MR) is 55.6 cm³/mol. The Balaban J connectivity index is 2.89. The molecular formula is C10H15N3O. The second kappa shape index (κ2) is 4.69. The Morgan fingerprint density at radius 3 is 2.36 bits per heavy atom. The van der Waals surface area contributed by atoms with E-state index in [1.165, 1.54) is 0 Å². The maximum atomic E-state index is 10.4. The fourth-order valence-corrected chi connectivity index (χ4v) is 1.28. The molecule has 0 saturated heterocycles. The molecule has 1 rings (SSSR count). The minimum absolute atomic E-state index is 0.363. The number of anilines is 1. The average molecular weight is 193 g/mol. The van der Waals surface area contributed by atoms with Gasteiger partial charge in [-0.2, -0.15) is 0 Å². The lowest BCUT2D eigenvalue weighted by molar-refractivity contribution is 0.112. The Hall–Kier alpha value is -1.45. The summed E-state index contributed by atoms with van der Waals surface area (Å²) in [5, 5.41) is 0. The Labute approximate surface area is 84.0 Å². The molecule has 76 valence electrons. The molecule has 14 heavy (non-hydrogen) atoms. The summed E-state index contributed by atoms with van der Waals surface area (Å²) in [6.45, 7) is 7.08. The molecule has 0 aliphatic heterocycles. The van der Waals surface area contributed by atoms with E-state index in [-0.39, 0.29) is 0 Å². The highest BCUT2D eigenvalue weighted by Gasteiger charge is 2.10. The van der Waals surface area contributed by atoms with Crippen LogP contribution in [0.3, 0.4) is 0 Å². The van der Waals surface area contributed by atoms with Crippen LogP contribution in [0.5, 0.6) is 0 Å². The van der Waals surface area contributed by atoms with Crippen LogP contribution in [0.1, 0.15) is 31.1 Å². The van der Waals surface area contributed by atoms with Crippen LogP contribution in [-0.4, -0.2) is 28.8 Å². The fraction of sp³-hybridized carbons (Fsp3) is 0.500. The molecule has 1 aromatic rings. The summed E-state index contributed by atoms with van der Waals surface area (Å²) < 4.78 is 0. The van der Waals surface area contributed by atoms with Gasteiger partial charge >= 0.3 is 0 Å². The molecule has 0 radical (unpaired) electrons. The Bertz CT molecular complexity index is 295. The number of aldehydes is 1. The van der Waals surface area contributed by atoms with Gasteiger partial charge in [0.2, 0.25) is 5.95 Å². The van der Waals surface area contributed by atoms with Crippen molar-refractivity contribution in [2.24, 2.45) is 0 Å². The number of hydrogen-bond acceptors (Lipinski definition) is 4. The van der Waals surface area contributed by atoms with Gasteiger partial charge in [0, 0.05) is 25.0 Å². The van der Waals surface area contributed by atoms with Gasteiger partial charge in [-0.05, 0) is 20.8 Å². The highest BCUT2D eigenvalue weighted by atomic mass is 16.1. The number of hydrogen-bond donors (Lipinski definition) is 0. The topological polar surface area (TPSA) is 46.1 Å². The first-order valence-corrected chi connectivity index (χ1v) is 4.73. The standard InChI is InChI=1S/C10H15N3O/c1-4-13(8(2)3)10-11-5-9(7-14)6-12-10/h5-8H,4H2,1-3H3. The zero-order chi connectivity index (χ0) is 10.6. The van der Waals surface area contributed by atoms with Crippen LogP contribution in [0.25, 0.3) is 0 Å². The van der Waals surface area contributed by atoms with Crippen LogP contribution in [0.2, 0.25) is 0 Å². The highest BCUT2D eigenvalue weighted by Crippen LogP contribution is 2.09. The quantitative estimate of drug-likeness (QED) is 0.680. The summed E-state index contributed by atoms with van der Waals surface area (Å²) in [7, 11) is 0. The maximum absolute atomic E-state index is 10.4. The third-order valence-corrected chi connectivity index (χ3v) is 2.02. The molecule has 0 aliphatic rings. The van der Waals surface area contributed by atoms with Gasteiger partial charge in [0.15, 0.2) is 6.29 Å². The molecule has 1 aromatic heterocycles. The zero-order valence-corrected chi connectivity index (χ0v) is 8.77. The molecule has 0 spiro atoms. The van der Waals surface area contributed by atoms with Crippen molar-refractivity contribution in [3.05, 3.63) is 18.0 Å². The molecule has 0 aliphatic carbocycles. The predicted octanol–water partition coefficient (Wildman–Crippen LogP) is 1.52. The average Bonchev–Trinajstić information content (AvgIpc) is 2.19. The van der Waals surface area contributed by atoms with Crippen molar-refractivity contribution in [3.8, 4) is 0 Å². The molecule has 0 aromatic carbocycles. The minimum atomic E-state index is 0.363. The summed E-state index contributed by atoms with van der Waals surface area (Å²) >= 11 is 0. The van der Waals surface area contributed by atoms with Crippen molar-refractivity contribution in [2.75, 3.05) is 11.4 Å². The molecule has 0 bridgehead atoms. The van der Waals surface area contributed by atoms with Crippen molar-refractivity contribution in [3.63, 3.8) is 0 Å². The van der Waals surface area contributed by atoms with Crippen LogP contribution in [0.15, 0.2) is 12.4 Å². The second-order valence-electron chi connectivity index (χ2n) is 3.31. The van der Waals surface area contributed by atoms with Crippen LogP contribution in [0, 0.1) is 0 Å². The van der Waals surface area contributed by atoms with E-state index in [2.05, 4.69) is 35.6 Å². The first-order chi connectivity index (χ1) is 6.69. The second-order valence-corrected chi connectivity index (χ2v) is 3.31. The van der Waals surface area contributed by atoms with E-state index in [0.29, 0.717) is 17.6 Å². The summed E-state index contributed by atoms with van der Waals surface area (Å²) in [5.74, 6) is 0.674. The van der Waals surface area contributed by atoms with Crippen molar-refractivity contribution < 1.29 is 4.79 Å². The van der Waals surface area contributed by atoms with Gasteiger partial charge in [-0.3, -0.25) is 4.79 Å². The van der Waals surface area contributed by atoms with Crippen molar-refractivity contribution >= 4 is 12.2 Å². The molecule has 0 fully saturated rings. The number of rotatable bonds is 4. The largest absolute Gasteiger partial charge is 0.339 e. The van der Waals surface area contributed by atoms with Gasteiger partial charge in [0.05, 0.1) is 5.56 Å². The van der Waals surface area contributed by atoms with Crippen LogP contribution in [-0.2, 0) is 0 Å². The van der Waals surface area contributed by atoms with E-state index >= 15 is 0 Å². The van der Waals surface area contributed by atoms with E-state index in [4.69, 9.17) is 0 Å². The van der Waals surface area contributed by atoms with Gasteiger partial charge in [-0.1, -0.05) is 0 Å². The monoisotopic (exact) mass is 193 g/mol. The first kappa shape index (κ1) is 10.6. The summed E-state index contributed by atoms with van der Waals surface area (Å²) in [6.07, 6.45) is 3.83. The molecule has 4 heteroatoms. The fourth-order valence-electron chi connectivity index (χ4n) is 1.28. The normalized spacial score (nSPS) is 10.3. The number of carbonyl (C=O) groups excluding carboxylic acids is 1. The van der Waals surface area contributed by atoms with E-state index in [9.17, 15) is 4.79 Å². The van der Waals surface area contributed by atoms with E-state index in [1.54, 1.807) is 12.4 Å². The smallest absolute Gasteiger partial charge is 0.225 e. The molecule has 1 heterocycles. The summed E-state index contributed by atoms with van der Waals surface area (Å²) in [5.41, 5.74) is 0.508. The Morgan fingerprint density at radius 2 is 2.00 bits per heavy atom. The van der Waals surface area contributed by atoms with Crippen LogP contribution < -0.4 is 4.90 Å². The lowest BCUT2D eigenvalue weighted by atomic mass is 10.3. The van der Waals surface area contributed by atoms with E-state index in [1.807, 2.05) is 0 Å². The van der Waals surface area contributed by atoms with Gasteiger partial charge in [-0.15, -0.1) is 0 Å². The van der Waals surface area contributed by atoms with Gasteiger partial charge < -0.3 is 4.90 Å². The molecule has 0 atom stereocenters. The lowest BCUT2D eigenvalue weighted by Crippen LogP contribution is -2.31. The van der Waals surface area contributed by atoms with Gasteiger partial charge in [0.25, 0.3) is 0 Å². The van der Waals surface area contributed by atoms with Crippen molar-refractivity contribution in [2.45, 2.75) is 26.8 Å². The highest BCUT2D eigenvalue weighted by molar-refractivity contribution is 5.73. The van der Waals surface area contributed by atoms with Crippen molar-refractivity contribution in [1.29, 1.82) is 0 Å². The molecule has 0 unspecified atom stereocenters. The SMILES string of the molecule is CCN(c1ncc(C=O)cn1)C(C)C. The Morgan fingerprint density at radius 1 is 1.43 bits per heavy atom. The number of nitrogens with zero attached hydrogens (tertiary/aromatic N) is 3. The maximum Gasteiger partial charge on any atom is 0.225 e. The van der Waals surface area contributed by atoms with Crippen molar-refractivity contribution in [1.82, 2.24) is 9.97 Å². The zero-order valence-electron chi connectivity index (χ0n) is 8.77. The minimum Gasteiger partial charge on any atom is -0.339 e. The molecule has 4 nitrogen and oxygen atoms in total. The molecule has 0 N–H and O–H groups in total. The summed E-state index contributed by atoms with van der Waals surface area (Å²) in [4.78, 5) is 20.7. The Kier molecular flexibility index (Phi) is 3.56. The van der Waals surface area contributed by atoms with Gasteiger partial charge in [-0.25, -0.2) is 9.97 Å². The molecular weight excluding hydrogens is 178 g/mol. The molecule has 0 amide bonds. The molecule has 0 saturated carbocycles. The number of aromatic nitrogens is 2. The third kappa shape index (κ3) is 2.28. The lowest BCUT2D eigenvalue weighted by Gasteiger charge is -2.24. The van der Waals surface area contributed by atoms with E-state index in [0.717, 1.165) is 12.8 Å². The summed E-state index contributed by atoms with van der Waals surface area (Å²) in [6, 6.07) is 0.363. The van der Waals surface area contributed by atoms with Crippen LogP contribution >= 0.6 is 0 Å². The van der Waals surface area contributed by atoms with Crippen LogP contribution in [0.4, 0.5) is 5.95 Å². The van der Waals surface area contributed by atoms with E-state index < -0.39 is 0 Å². The first-order valence-electron chi connectivity index (χ1n) is 4.73.